The van der Waals surface area contributed by atoms with Crippen molar-refractivity contribution >= 4 is 32.6 Å². The van der Waals surface area contributed by atoms with Gasteiger partial charge in [0.25, 0.3) is 0 Å². The first kappa shape index (κ1) is 25.2. The van der Waals surface area contributed by atoms with Crippen molar-refractivity contribution in [1.82, 2.24) is 0 Å². The third-order valence-electron chi connectivity index (χ3n) is 9.08. The fraction of sp³-hybridized carbons (Fsp3) is 0.917. The Hall–Kier alpha value is -0.400. The summed E-state index contributed by atoms with van der Waals surface area (Å²) in [6.07, 6.45) is 15.6. The summed E-state index contributed by atoms with van der Waals surface area (Å²) in [6, 6.07) is 0. The van der Waals surface area contributed by atoms with Gasteiger partial charge in [0.1, 0.15) is 20.6 Å². The van der Waals surface area contributed by atoms with Gasteiger partial charge < -0.3 is 4.55 Å². The van der Waals surface area contributed by atoms with Crippen LogP contribution in [0, 0.1) is 22.7 Å². The van der Waals surface area contributed by atoms with Crippen LogP contribution in [0.4, 0.5) is 0 Å². The molecule has 4 atom stereocenters. The van der Waals surface area contributed by atoms with Crippen LogP contribution < -0.4 is 0 Å². The normalized spacial score (nSPS) is 34.4. The maximum Gasteiger partial charge on any atom is 0.184 e. The number of Topliss-reactive ketones (excluding diaryl/α,β-unsaturated/α-hetero) is 2. The van der Waals surface area contributed by atoms with E-state index in [-0.39, 0.29) is 17.1 Å². The quantitative estimate of drug-likeness (QED) is 0.440. The molecule has 0 saturated heterocycles. The number of carbonyl (C=O) groups is 2. The Bertz CT molecular complexity index is 778. The van der Waals surface area contributed by atoms with Crippen molar-refractivity contribution in [2.45, 2.75) is 102 Å². The van der Waals surface area contributed by atoms with E-state index >= 15 is 0 Å². The Morgan fingerprint density at radius 2 is 1.55 bits per heavy atom. The molecule has 4 fully saturated rings. The molecule has 31 heavy (non-hydrogen) atoms. The van der Waals surface area contributed by atoms with Crippen LogP contribution in [0.5, 0.6) is 0 Å². The Labute approximate surface area is 191 Å². The van der Waals surface area contributed by atoms with Gasteiger partial charge in [-0.3, -0.25) is 9.59 Å². The molecular formula is C24H40O5S2. The summed E-state index contributed by atoms with van der Waals surface area (Å²) in [4.78, 5) is 24.1. The highest BCUT2D eigenvalue weighted by molar-refractivity contribution is 7.97. The van der Waals surface area contributed by atoms with Crippen LogP contribution >= 0.6 is 0 Å². The third-order valence-corrected chi connectivity index (χ3v) is 12.6. The van der Waals surface area contributed by atoms with Crippen molar-refractivity contribution in [1.29, 1.82) is 0 Å². The standard InChI is InChI=1S/C14H25OS.C10H16O4S/c1-16(13-9-3-2-4-10-13)11-14(15)12-7-5-6-8-12;1-9(2)6-4-5-10(9,3)8(11)7(6)15(12,13)14/h12-13H,2-11H2,1H3;6-7H,4-5H2,1-3H3,(H,12,13,14)/q+1;/p-1. The first-order chi connectivity index (χ1) is 14.4. The summed E-state index contributed by atoms with van der Waals surface area (Å²) < 4.78 is 33.3. The number of fused-ring (bicyclic) bond motifs is 2. The van der Waals surface area contributed by atoms with Crippen molar-refractivity contribution in [2.24, 2.45) is 22.7 Å². The van der Waals surface area contributed by atoms with Crippen LogP contribution in [0.25, 0.3) is 0 Å². The van der Waals surface area contributed by atoms with E-state index in [2.05, 4.69) is 6.26 Å². The molecule has 7 heteroatoms. The topological polar surface area (TPSA) is 91.3 Å². The van der Waals surface area contributed by atoms with E-state index in [1.807, 2.05) is 13.8 Å². The van der Waals surface area contributed by atoms with Crippen LogP contribution in [-0.2, 0) is 30.6 Å². The molecule has 0 aromatic rings. The predicted molar refractivity (Wildman–Crippen MR) is 125 cm³/mol. The van der Waals surface area contributed by atoms with Gasteiger partial charge in [0, 0.05) is 11.3 Å². The summed E-state index contributed by atoms with van der Waals surface area (Å²) in [5.41, 5.74) is -0.994. The minimum absolute atomic E-state index is 0.294. The lowest BCUT2D eigenvalue weighted by atomic mass is 9.70. The fourth-order valence-corrected chi connectivity index (χ4v) is 9.97. The average Bonchev–Trinajstić information content (AvgIpc) is 3.35. The molecule has 2 bridgehead atoms. The van der Waals surface area contributed by atoms with Crippen molar-refractivity contribution in [2.75, 3.05) is 12.0 Å². The number of ketones is 2. The molecule has 4 aliphatic rings. The lowest BCUT2D eigenvalue weighted by Crippen LogP contribution is -2.38. The Morgan fingerprint density at radius 3 is 2.00 bits per heavy atom. The smallest absolute Gasteiger partial charge is 0.184 e. The number of rotatable bonds is 5. The number of hydrogen-bond donors (Lipinski definition) is 0. The van der Waals surface area contributed by atoms with Crippen LogP contribution in [0.15, 0.2) is 0 Å². The van der Waals surface area contributed by atoms with Gasteiger partial charge in [-0.2, -0.15) is 0 Å². The lowest BCUT2D eigenvalue weighted by molar-refractivity contribution is -0.128. The SMILES string of the molecule is CC12CCC(C(S(=O)(=O)[O-])C1=O)C2(C)C.C[S+](CC(=O)C1CCCC1)C1CCCCC1. The van der Waals surface area contributed by atoms with E-state index in [1.54, 1.807) is 6.92 Å². The first-order valence-corrected chi connectivity index (χ1v) is 15.4. The molecular weight excluding hydrogens is 432 g/mol. The van der Waals surface area contributed by atoms with Crippen LogP contribution in [0.1, 0.15) is 91.4 Å². The fourth-order valence-electron chi connectivity index (χ4n) is 6.51. The van der Waals surface area contributed by atoms with Gasteiger partial charge in [-0.05, 0) is 73.6 Å². The predicted octanol–water partition coefficient (Wildman–Crippen LogP) is 4.25. The zero-order chi connectivity index (χ0) is 23.0. The van der Waals surface area contributed by atoms with Gasteiger partial charge in [-0.25, -0.2) is 8.42 Å². The van der Waals surface area contributed by atoms with E-state index in [9.17, 15) is 22.6 Å². The van der Waals surface area contributed by atoms with Gasteiger partial charge >= 0.3 is 0 Å². The van der Waals surface area contributed by atoms with E-state index in [1.165, 1.54) is 57.8 Å². The molecule has 0 heterocycles. The molecule has 4 rings (SSSR count). The van der Waals surface area contributed by atoms with E-state index < -0.39 is 20.8 Å². The number of hydrogen-bond acceptors (Lipinski definition) is 5. The minimum Gasteiger partial charge on any atom is -0.747 e. The highest BCUT2D eigenvalue weighted by Crippen LogP contribution is 2.64. The van der Waals surface area contributed by atoms with E-state index in [0.717, 1.165) is 11.0 Å². The zero-order valence-electron chi connectivity index (χ0n) is 19.7. The average molecular weight is 473 g/mol. The van der Waals surface area contributed by atoms with Crippen molar-refractivity contribution in [3.05, 3.63) is 0 Å². The van der Waals surface area contributed by atoms with Crippen LogP contribution in [0.2, 0.25) is 0 Å². The molecule has 5 nitrogen and oxygen atoms in total. The maximum absolute atomic E-state index is 12.1. The third kappa shape index (κ3) is 4.93. The summed E-state index contributed by atoms with van der Waals surface area (Å²) in [5.74, 6) is 1.28. The molecule has 0 amide bonds. The Morgan fingerprint density at radius 1 is 1.00 bits per heavy atom. The lowest BCUT2D eigenvalue weighted by Gasteiger charge is -2.32. The van der Waals surface area contributed by atoms with Gasteiger partial charge in [0.05, 0.1) is 6.26 Å². The second-order valence-electron chi connectivity index (χ2n) is 11.0. The second kappa shape index (κ2) is 9.46. The molecule has 0 spiro atoms. The summed E-state index contributed by atoms with van der Waals surface area (Å²) in [7, 11) is -4.12. The number of carbonyl (C=O) groups excluding carboxylic acids is 2. The second-order valence-corrected chi connectivity index (χ2v) is 14.9. The first-order valence-electron chi connectivity index (χ1n) is 12.0. The maximum atomic E-state index is 12.1. The Balaban J connectivity index is 0.000000176. The monoisotopic (exact) mass is 472 g/mol. The highest BCUT2D eigenvalue weighted by Gasteiger charge is 2.67. The van der Waals surface area contributed by atoms with Gasteiger partial charge in [-0.15, -0.1) is 0 Å². The molecule has 0 aromatic carbocycles. The van der Waals surface area contributed by atoms with Crippen LogP contribution in [-0.4, -0.2) is 47.0 Å². The van der Waals surface area contributed by atoms with Crippen LogP contribution in [0.3, 0.4) is 0 Å². The minimum atomic E-state index is -4.49. The molecule has 0 radical (unpaired) electrons. The molecule has 4 saturated carbocycles. The van der Waals surface area contributed by atoms with Gasteiger partial charge in [0.15, 0.2) is 17.3 Å². The van der Waals surface area contributed by atoms with Crippen molar-refractivity contribution in [3.8, 4) is 0 Å². The summed E-state index contributed by atoms with van der Waals surface area (Å²) >= 11 is 0. The van der Waals surface area contributed by atoms with Gasteiger partial charge in [0.2, 0.25) is 0 Å². The zero-order valence-corrected chi connectivity index (χ0v) is 21.3. The molecule has 4 unspecified atom stereocenters. The van der Waals surface area contributed by atoms with Crippen molar-refractivity contribution < 1.29 is 22.6 Å². The summed E-state index contributed by atoms with van der Waals surface area (Å²) in [5, 5.41) is -0.426. The molecule has 0 aromatic heterocycles. The van der Waals surface area contributed by atoms with E-state index in [0.29, 0.717) is 35.4 Å². The largest absolute Gasteiger partial charge is 0.747 e. The molecule has 0 aliphatic heterocycles. The highest BCUT2D eigenvalue weighted by atomic mass is 32.2. The van der Waals surface area contributed by atoms with Crippen molar-refractivity contribution in [3.63, 3.8) is 0 Å². The molecule has 0 N–H and O–H groups in total. The van der Waals surface area contributed by atoms with Gasteiger partial charge in [-0.1, -0.05) is 40.0 Å². The Kier molecular flexibility index (Phi) is 7.70. The molecule has 4 aliphatic carbocycles. The van der Waals surface area contributed by atoms with E-state index in [4.69, 9.17) is 0 Å². The molecule has 178 valence electrons. The summed E-state index contributed by atoms with van der Waals surface area (Å²) in [6.45, 7) is 5.59.